The molecule has 0 radical (unpaired) electrons. The fourth-order valence-electron chi connectivity index (χ4n) is 0. The van der Waals surface area contributed by atoms with E-state index in [-0.39, 0.29) is 36.7 Å². The highest BCUT2D eigenvalue weighted by atomic mass is 35.5. The van der Waals surface area contributed by atoms with Gasteiger partial charge in [0.05, 0.1) is 0 Å². The van der Waals surface area contributed by atoms with Gasteiger partial charge in [-0.15, -0.1) is 35.0 Å². The van der Waals surface area contributed by atoms with Crippen LogP contribution >= 0.6 is 24.8 Å². The van der Waals surface area contributed by atoms with Crippen molar-refractivity contribution in [3.05, 3.63) is 0 Å². The van der Waals surface area contributed by atoms with E-state index < -0.39 is 0 Å². The van der Waals surface area contributed by atoms with E-state index in [1.165, 1.54) is 0 Å². The van der Waals surface area contributed by atoms with Gasteiger partial charge >= 0.3 is 0 Å². The van der Waals surface area contributed by atoms with Crippen molar-refractivity contribution >= 4 is 36.7 Å². The van der Waals surface area contributed by atoms with Crippen LogP contribution in [0.4, 0.5) is 0 Å². The van der Waals surface area contributed by atoms with Gasteiger partial charge in [-0.3, -0.25) is 0 Å². The van der Waals surface area contributed by atoms with Crippen LogP contribution in [0.25, 0.3) is 0 Å². The van der Waals surface area contributed by atoms with Crippen LogP contribution in [-0.4, -0.2) is 11.9 Å². The number of halogens is 2. The number of hydrogen-bond donors (Lipinski definition) is 6. The lowest BCUT2D eigenvalue weighted by Gasteiger charge is -1.76. The molecule has 0 atom stereocenters. The summed E-state index contributed by atoms with van der Waals surface area (Å²) in [7, 11) is 0. The van der Waals surface area contributed by atoms with E-state index in [0.717, 1.165) is 0 Å². The van der Waals surface area contributed by atoms with Gasteiger partial charge in [0.25, 0.3) is 0 Å². The summed E-state index contributed by atoms with van der Waals surface area (Å²) in [5.41, 5.74) is 18.8. The Morgan fingerprint density at radius 1 is 0.667 bits per heavy atom. The molecule has 10 heteroatoms. The molecule has 0 aliphatic heterocycles. The molecule has 12 heavy (non-hydrogen) atoms. The lowest BCUT2D eigenvalue weighted by molar-refractivity contribution is 1.21. The van der Waals surface area contributed by atoms with Crippen molar-refractivity contribution in [3.63, 3.8) is 0 Å². The molecular weight excluding hydrogens is 207 g/mol. The molecule has 76 valence electrons. The Hall–Kier alpha value is -1.28. The molecule has 0 aromatic heterocycles. The van der Waals surface area contributed by atoms with Crippen molar-refractivity contribution < 1.29 is 0 Å². The highest BCUT2D eigenvalue weighted by Gasteiger charge is 1.62. The summed E-state index contributed by atoms with van der Waals surface area (Å²) in [5.74, 6) is 8.83. The molecule has 0 rings (SSSR count). The lowest BCUT2D eigenvalue weighted by atomic mass is 11.1. The van der Waals surface area contributed by atoms with Crippen molar-refractivity contribution in [1.29, 1.82) is 0 Å². The minimum absolute atomic E-state index is 0. The van der Waals surface area contributed by atoms with Crippen LogP contribution in [0.5, 0.6) is 0 Å². The van der Waals surface area contributed by atoms with Crippen LogP contribution in [0, 0.1) is 0 Å². The third-order valence-corrected chi connectivity index (χ3v) is 0.298. The third-order valence-electron chi connectivity index (χ3n) is 0.298. The molecule has 0 amide bonds. The van der Waals surface area contributed by atoms with Gasteiger partial charge in [-0.05, 0) is 0 Å². The summed E-state index contributed by atoms with van der Waals surface area (Å²) in [5, 5.41) is 5.72. The molecular formula is C2H14Cl2N8. The predicted molar refractivity (Wildman–Crippen MR) is 54.5 cm³/mol. The van der Waals surface area contributed by atoms with E-state index >= 15 is 0 Å². The summed E-state index contributed by atoms with van der Waals surface area (Å²) in [4.78, 5) is 0. The largest absolute Gasteiger partial charge is 0.369 e. The Morgan fingerprint density at radius 3 is 0.750 bits per heavy atom. The van der Waals surface area contributed by atoms with Gasteiger partial charge in [0.1, 0.15) is 0 Å². The molecule has 0 saturated heterocycles. The minimum atomic E-state index is -0.0926. The summed E-state index contributed by atoms with van der Waals surface area (Å²) >= 11 is 0. The van der Waals surface area contributed by atoms with E-state index in [9.17, 15) is 0 Å². The van der Waals surface area contributed by atoms with Crippen molar-refractivity contribution in [1.82, 2.24) is 0 Å². The van der Waals surface area contributed by atoms with Gasteiger partial charge in [0.15, 0.2) is 0 Å². The summed E-state index contributed by atoms with van der Waals surface area (Å²) in [6.07, 6.45) is 0. The molecule has 0 aliphatic rings. The summed E-state index contributed by atoms with van der Waals surface area (Å²) in [6, 6.07) is 0. The zero-order valence-corrected chi connectivity index (χ0v) is 7.81. The van der Waals surface area contributed by atoms with E-state index in [2.05, 4.69) is 21.9 Å². The first-order chi connectivity index (χ1) is 4.54. The molecule has 0 unspecified atom stereocenters. The molecule has 0 heterocycles. The molecule has 0 fully saturated rings. The fourth-order valence-corrected chi connectivity index (χ4v) is 0. The first-order valence-electron chi connectivity index (χ1n) is 2.12. The van der Waals surface area contributed by atoms with Gasteiger partial charge in [0.2, 0.25) is 11.9 Å². The Balaban J connectivity index is -0.0000000457. The molecule has 0 aromatic carbocycles. The van der Waals surface area contributed by atoms with Crippen LogP contribution in [0.15, 0.2) is 10.2 Å². The van der Waals surface area contributed by atoms with Gasteiger partial charge in [-0.2, -0.15) is 0 Å². The zero-order chi connectivity index (χ0) is 8.57. The smallest absolute Gasteiger partial charge is 0.208 e. The molecule has 12 N–H and O–H groups in total. The maximum absolute atomic E-state index is 4.69. The first-order valence-corrected chi connectivity index (χ1v) is 2.12. The molecule has 0 spiro atoms. The van der Waals surface area contributed by atoms with E-state index in [4.69, 9.17) is 22.9 Å². The van der Waals surface area contributed by atoms with Crippen LogP contribution in [0.1, 0.15) is 0 Å². The van der Waals surface area contributed by atoms with Gasteiger partial charge in [0, 0.05) is 0 Å². The number of hydrazone groups is 2. The standard InChI is InChI=1S/2CH6N4.2ClH/c2*2-1(3)5-4;;/h2*4H2,(H4,2,3,5);2*1H. The molecule has 0 aromatic rings. The quantitative estimate of drug-likeness (QED) is 0.110. The highest BCUT2D eigenvalue weighted by molar-refractivity contribution is 5.85. The second-order valence-electron chi connectivity index (χ2n) is 1.11. The number of nitrogens with two attached hydrogens (primary N) is 6. The zero-order valence-electron chi connectivity index (χ0n) is 6.18. The lowest BCUT2D eigenvalue weighted by Crippen LogP contribution is -2.23. The number of nitrogens with zero attached hydrogens (tertiary/aromatic N) is 2. The summed E-state index contributed by atoms with van der Waals surface area (Å²) < 4.78 is 0. The van der Waals surface area contributed by atoms with Crippen LogP contribution in [-0.2, 0) is 0 Å². The Kier molecular flexibility index (Phi) is 30.6. The highest BCUT2D eigenvalue weighted by Crippen LogP contribution is 1.31. The average Bonchev–Trinajstić information content (AvgIpc) is 1.89. The van der Waals surface area contributed by atoms with Crippen LogP contribution in [0.3, 0.4) is 0 Å². The second kappa shape index (κ2) is 16.4. The number of hydrogen-bond acceptors (Lipinski definition) is 4. The molecule has 0 saturated carbocycles. The van der Waals surface area contributed by atoms with E-state index in [0.29, 0.717) is 0 Å². The van der Waals surface area contributed by atoms with Crippen LogP contribution < -0.4 is 34.6 Å². The minimum Gasteiger partial charge on any atom is -0.369 e. The Morgan fingerprint density at radius 2 is 0.750 bits per heavy atom. The van der Waals surface area contributed by atoms with Crippen LogP contribution in [0.2, 0.25) is 0 Å². The van der Waals surface area contributed by atoms with Crippen molar-refractivity contribution in [2.24, 2.45) is 44.8 Å². The predicted octanol–water partition coefficient (Wildman–Crippen LogP) is -2.89. The fraction of sp³-hybridized carbons (Fsp3) is 0. The maximum Gasteiger partial charge on any atom is 0.208 e. The topological polar surface area (TPSA) is 181 Å². The van der Waals surface area contributed by atoms with E-state index in [1.54, 1.807) is 0 Å². The molecule has 0 aliphatic carbocycles. The SMILES string of the molecule is Cl.Cl.NN=C(N)N.NN=C(N)N. The first kappa shape index (κ1) is 22.4. The second-order valence-corrected chi connectivity index (χ2v) is 1.11. The molecule has 8 nitrogen and oxygen atoms in total. The van der Waals surface area contributed by atoms with Crippen molar-refractivity contribution in [2.45, 2.75) is 0 Å². The Labute approximate surface area is 82.2 Å². The Bertz CT molecular complexity index is 107. The maximum atomic E-state index is 4.69. The van der Waals surface area contributed by atoms with Gasteiger partial charge < -0.3 is 34.6 Å². The monoisotopic (exact) mass is 220 g/mol. The number of rotatable bonds is 0. The van der Waals surface area contributed by atoms with Gasteiger partial charge in [-0.25, -0.2) is 0 Å². The van der Waals surface area contributed by atoms with Gasteiger partial charge in [-0.1, -0.05) is 0 Å². The van der Waals surface area contributed by atoms with Crippen molar-refractivity contribution in [3.8, 4) is 0 Å². The average molecular weight is 221 g/mol. The number of guanidine groups is 2. The summed E-state index contributed by atoms with van der Waals surface area (Å²) in [6.45, 7) is 0. The normalized spacial score (nSPS) is 5.33. The van der Waals surface area contributed by atoms with E-state index in [1.807, 2.05) is 0 Å². The molecule has 0 bridgehead atoms. The third kappa shape index (κ3) is 70.2. The van der Waals surface area contributed by atoms with Crippen molar-refractivity contribution in [2.75, 3.05) is 0 Å².